The molecule has 0 saturated carbocycles. The number of nitrogens with zero attached hydrogens (tertiary/aromatic N) is 2. The predicted octanol–water partition coefficient (Wildman–Crippen LogP) is 1.67. The summed E-state index contributed by atoms with van der Waals surface area (Å²) in [5.74, 6) is 0. The number of amides is 2. The molecule has 0 aliphatic carbocycles. The number of hydrogen-bond acceptors (Lipinski definition) is 4. The first-order valence-corrected chi connectivity index (χ1v) is 5.95. The van der Waals surface area contributed by atoms with E-state index in [4.69, 9.17) is 0 Å². The van der Waals surface area contributed by atoms with E-state index in [0.29, 0.717) is 12.2 Å². The monoisotopic (exact) mass is 266 g/mol. The molecule has 0 aliphatic heterocycles. The summed E-state index contributed by atoms with van der Waals surface area (Å²) in [7, 11) is 3.56. The second-order valence-corrected chi connectivity index (χ2v) is 4.11. The molecule has 0 bridgehead atoms. The minimum atomic E-state index is -0.477. The summed E-state index contributed by atoms with van der Waals surface area (Å²) in [5.41, 5.74) is 0.538. The number of non-ortho nitro benzene ring substituents is 1. The number of nitro benzene ring substituents is 1. The van der Waals surface area contributed by atoms with E-state index in [1.807, 2.05) is 7.05 Å². The van der Waals surface area contributed by atoms with Gasteiger partial charge in [-0.1, -0.05) is 0 Å². The lowest BCUT2D eigenvalue weighted by molar-refractivity contribution is -0.384. The summed E-state index contributed by atoms with van der Waals surface area (Å²) in [6.45, 7) is 1.48. The van der Waals surface area contributed by atoms with Gasteiger partial charge in [-0.15, -0.1) is 0 Å². The van der Waals surface area contributed by atoms with Gasteiger partial charge >= 0.3 is 6.03 Å². The Balaban J connectivity index is 2.49. The number of hydrogen-bond donors (Lipinski definition) is 2. The number of carbonyl (C=O) groups is 1. The van der Waals surface area contributed by atoms with E-state index < -0.39 is 4.92 Å². The van der Waals surface area contributed by atoms with Gasteiger partial charge in [-0.25, -0.2) is 4.79 Å². The lowest BCUT2D eigenvalue weighted by Crippen LogP contribution is -2.33. The van der Waals surface area contributed by atoms with Crippen LogP contribution >= 0.6 is 0 Å². The van der Waals surface area contributed by atoms with Crippen LogP contribution in [0.2, 0.25) is 0 Å². The number of nitrogens with one attached hydrogen (secondary N) is 2. The van der Waals surface area contributed by atoms with Gasteiger partial charge in [-0.2, -0.15) is 0 Å². The molecule has 0 fully saturated rings. The lowest BCUT2D eigenvalue weighted by Gasteiger charge is -2.17. The summed E-state index contributed by atoms with van der Waals surface area (Å²) < 4.78 is 0. The summed E-state index contributed by atoms with van der Waals surface area (Å²) in [4.78, 5) is 23.4. The maximum Gasteiger partial charge on any atom is 0.321 e. The molecular weight excluding hydrogens is 248 g/mol. The molecule has 2 amide bonds. The van der Waals surface area contributed by atoms with Crippen molar-refractivity contribution in [1.29, 1.82) is 0 Å². The van der Waals surface area contributed by atoms with Crippen LogP contribution in [-0.2, 0) is 0 Å². The fraction of sp³-hybridized carbons (Fsp3) is 0.417. The van der Waals surface area contributed by atoms with Gasteiger partial charge in [0.25, 0.3) is 5.69 Å². The second-order valence-electron chi connectivity index (χ2n) is 4.11. The molecular formula is C12H18N4O3. The SMILES string of the molecule is CNCCCN(C)C(=O)Nc1ccc([N+](=O)[O-])cc1. The molecule has 0 unspecified atom stereocenters. The summed E-state index contributed by atoms with van der Waals surface area (Å²) in [5, 5.41) is 16.2. The smallest absolute Gasteiger partial charge is 0.321 e. The van der Waals surface area contributed by atoms with Crippen LogP contribution in [0.4, 0.5) is 16.2 Å². The fourth-order valence-electron chi connectivity index (χ4n) is 1.48. The average molecular weight is 266 g/mol. The highest BCUT2D eigenvalue weighted by atomic mass is 16.6. The molecule has 0 spiro atoms. The summed E-state index contributed by atoms with van der Waals surface area (Å²) in [6, 6.07) is 5.51. The Kier molecular flexibility index (Phi) is 5.74. The second kappa shape index (κ2) is 7.32. The van der Waals surface area contributed by atoms with Gasteiger partial charge in [0.1, 0.15) is 0 Å². The van der Waals surface area contributed by atoms with E-state index in [1.165, 1.54) is 24.3 Å². The Morgan fingerprint density at radius 3 is 2.53 bits per heavy atom. The van der Waals surface area contributed by atoms with Crippen LogP contribution in [0.1, 0.15) is 6.42 Å². The van der Waals surface area contributed by atoms with Crippen molar-refractivity contribution in [3.05, 3.63) is 34.4 Å². The molecule has 2 N–H and O–H groups in total. The highest BCUT2D eigenvalue weighted by Crippen LogP contribution is 2.15. The summed E-state index contributed by atoms with van der Waals surface area (Å²) >= 11 is 0. The minimum absolute atomic E-state index is 0.000346. The summed E-state index contributed by atoms with van der Waals surface area (Å²) in [6.07, 6.45) is 0.862. The van der Waals surface area contributed by atoms with Crippen LogP contribution in [0, 0.1) is 10.1 Å². The zero-order chi connectivity index (χ0) is 14.3. The third kappa shape index (κ3) is 4.92. The van der Waals surface area contributed by atoms with Gasteiger partial charge in [-0.05, 0) is 32.1 Å². The predicted molar refractivity (Wildman–Crippen MR) is 73.3 cm³/mol. The van der Waals surface area contributed by atoms with E-state index >= 15 is 0 Å². The molecule has 1 aromatic carbocycles. The number of urea groups is 1. The van der Waals surface area contributed by atoms with Crippen molar-refractivity contribution in [2.75, 3.05) is 32.5 Å². The van der Waals surface area contributed by atoms with Crippen molar-refractivity contribution < 1.29 is 9.72 Å². The van der Waals surface area contributed by atoms with Crippen molar-refractivity contribution in [1.82, 2.24) is 10.2 Å². The Labute approximate surface area is 111 Å². The molecule has 0 saturated heterocycles. The van der Waals surface area contributed by atoms with Crippen molar-refractivity contribution in [2.24, 2.45) is 0 Å². The topological polar surface area (TPSA) is 87.5 Å². The Morgan fingerprint density at radius 2 is 2.00 bits per heavy atom. The maximum atomic E-state index is 11.8. The van der Waals surface area contributed by atoms with Crippen LogP contribution in [0.25, 0.3) is 0 Å². The number of benzene rings is 1. The molecule has 0 heterocycles. The van der Waals surface area contributed by atoms with Gasteiger partial charge in [0, 0.05) is 31.4 Å². The molecule has 1 aromatic rings. The molecule has 19 heavy (non-hydrogen) atoms. The van der Waals surface area contributed by atoms with Crippen LogP contribution in [0.5, 0.6) is 0 Å². The normalized spacial score (nSPS) is 10.0. The first kappa shape index (κ1) is 14.9. The zero-order valence-corrected chi connectivity index (χ0v) is 11.0. The largest absolute Gasteiger partial charge is 0.328 e. The van der Waals surface area contributed by atoms with Gasteiger partial charge < -0.3 is 15.5 Å². The van der Waals surface area contributed by atoms with Crippen molar-refractivity contribution in [3.63, 3.8) is 0 Å². The molecule has 0 aliphatic rings. The van der Waals surface area contributed by atoms with Gasteiger partial charge in [0.15, 0.2) is 0 Å². The molecule has 0 radical (unpaired) electrons. The van der Waals surface area contributed by atoms with Gasteiger partial charge in [0.05, 0.1) is 4.92 Å². The Morgan fingerprint density at radius 1 is 1.37 bits per heavy atom. The van der Waals surface area contributed by atoms with Crippen LogP contribution in [0.15, 0.2) is 24.3 Å². The highest BCUT2D eigenvalue weighted by molar-refractivity contribution is 5.89. The standard InChI is InChI=1S/C12H18N4O3/c1-13-8-3-9-15(2)12(17)14-10-4-6-11(7-5-10)16(18)19/h4-7,13H,3,8-9H2,1-2H3,(H,14,17). The van der Waals surface area contributed by atoms with E-state index in [9.17, 15) is 14.9 Å². The lowest BCUT2D eigenvalue weighted by atomic mass is 10.3. The zero-order valence-electron chi connectivity index (χ0n) is 11.0. The third-order valence-electron chi connectivity index (χ3n) is 2.60. The molecule has 1 rings (SSSR count). The van der Waals surface area contributed by atoms with Crippen molar-refractivity contribution in [3.8, 4) is 0 Å². The van der Waals surface area contributed by atoms with Crippen LogP contribution in [-0.4, -0.2) is 43.0 Å². The van der Waals surface area contributed by atoms with Gasteiger partial charge in [-0.3, -0.25) is 10.1 Å². The highest BCUT2D eigenvalue weighted by Gasteiger charge is 2.09. The number of anilines is 1. The van der Waals surface area contributed by atoms with Crippen molar-refractivity contribution in [2.45, 2.75) is 6.42 Å². The Hall–Kier alpha value is -2.15. The number of carbonyl (C=O) groups excluding carboxylic acids is 1. The first-order chi connectivity index (χ1) is 9.04. The van der Waals surface area contributed by atoms with E-state index in [0.717, 1.165) is 13.0 Å². The molecule has 0 atom stereocenters. The minimum Gasteiger partial charge on any atom is -0.328 e. The van der Waals surface area contributed by atoms with Gasteiger partial charge in [0.2, 0.25) is 0 Å². The van der Waals surface area contributed by atoms with E-state index in [2.05, 4.69) is 10.6 Å². The third-order valence-corrected chi connectivity index (χ3v) is 2.60. The van der Waals surface area contributed by atoms with Crippen LogP contribution in [0.3, 0.4) is 0 Å². The van der Waals surface area contributed by atoms with Crippen molar-refractivity contribution >= 4 is 17.4 Å². The fourth-order valence-corrected chi connectivity index (χ4v) is 1.48. The Bertz CT molecular complexity index is 433. The van der Waals surface area contributed by atoms with E-state index in [-0.39, 0.29) is 11.7 Å². The average Bonchev–Trinajstić information content (AvgIpc) is 2.39. The molecule has 7 heteroatoms. The number of nitro groups is 1. The maximum absolute atomic E-state index is 11.8. The molecule has 7 nitrogen and oxygen atoms in total. The first-order valence-electron chi connectivity index (χ1n) is 5.95. The van der Waals surface area contributed by atoms with E-state index in [1.54, 1.807) is 11.9 Å². The van der Waals surface area contributed by atoms with Crippen LogP contribution < -0.4 is 10.6 Å². The molecule has 0 aromatic heterocycles. The number of rotatable bonds is 6. The molecule has 104 valence electrons. The quantitative estimate of drug-likeness (QED) is 0.466.